The highest BCUT2D eigenvalue weighted by atomic mass is 16.4. The van der Waals surface area contributed by atoms with Crippen molar-refractivity contribution >= 4 is 87.8 Å². The molecule has 4 aromatic rings. The molecule has 33 heteroatoms. The van der Waals surface area contributed by atoms with Crippen LogP contribution >= 0.6 is 0 Å². The fraction of sp³-hybridized carbons (Fsp3) is 0.476. The van der Waals surface area contributed by atoms with Crippen molar-refractivity contribution in [2.75, 3.05) is 26.3 Å². The van der Waals surface area contributed by atoms with Gasteiger partial charge in [0.25, 0.3) is 0 Å². The van der Waals surface area contributed by atoms with Gasteiger partial charge in [0, 0.05) is 42.9 Å². The molecule has 3 aromatic carbocycles. The van der Waals surface area contributed by atoms with E-state index >= 15 is 0 Å². The number of amides is 11. The number of hydrogen-bond donors (Lipinski definition) is 20. The number of aromatic amines is 1. The van der Waals surface area contributed by atoms with E-state index in [1.165, 1.54) is 69.3 Å². The molecule has 0 unspecified atom stereocenters. The van der Waals surface area contributed by atoms with Crippen LogP contribution in [0.3, 0.4) is 0 Å². The lowest BCUT2D eigenvalue weighted by atomic mass is 10.00. The number of benzene rings is 3. The number of para-hydroxylation sites is 1. The summed E-state index contributed by atoms with van der Waals surface area (Å²) in [6, 6.07) is 2.96. The Kier molecular flexibility index (Phi) is 31.0. The van der Waals surface area contributed by atoms with E-state index in [0.29, 0.717) is 16.7 Å². The monoisotopic (exact) mass is 1340 g/mol. The number of phenolic OH excluding ortho intramolecular Hbond substituents is 2. The summed E-state index contributed by atoms with van der Waals surface area (Å²) in [4.78, 5) is 169. The van der Waals surface area contributed by atoms with Crippen LogP contribution in [0, 0.1) is 11.8 Å². The maximum Gasteiger partial charge on any atom is 0.326 e. The number of carbonyl (C=O) groups excluding carboxylic acids is 11. The second-order valence-corrected chi connectivity index (χ2v) is 23.8. The highest BCUT2D eigenvalue weighted by molar-refractivity contribution is 5.99. The minimum absolute atomic E-state index is 0.0438. The number of hydrogen-bond acceptors (Lipinski definition) is 18. The molecule has 0 saturated carbocycles. The molecule has 0 bridgehead atoms. The zero-order valence-electron chi connectivity index (χ0n) is 54.4. The van der Waals surface area contributed by atoms with Crippen molar-refractivity contribution in [3.05, 3.63) is 95.7 Å². The third-order valence-corrected chi connectivity index (χ3v) is 14.9. The third kappa shape index (κ3) is 25.5. The van der Waals surface area contributed by atoms with Gasteiger partial charge in [0.05, 0.1) is 19.8 Å². The summed E-state index contributed by atoms with van der Waals surface area (Å²) in [5.74, 6) is -12.5. The van der Waals surface area contributed by atoms with E-state index in [1.807, 2.05) is 18.2 Å². The normalized spacial score (nSPS) is 14.6. The van der Waals surface area contributed by atoms with Gasteiger partial charge in [0.15, 0.2) is 5.96 Å². The van der Waals surface area contributed by atoms with E-state index < -0.39 is 163 Å². The number of carboxylic acid groups (broad SMARTS) is 1. The Bertz CT molecular complexity index is 3380. The highest BCUT2D eigenvalue weighted by Crippen LogP contribution is 2.20. The van der Waals surface area contributed by atoms with Crippen LogP contribution in [0.15, 0.2) is 84.0 Å². The standard InChI is InChI=1S/C63H90N16O17/c1-31(2)23-45(76-59(92)48(75-55(88)42(64)29-80)26-38-27-68-43-12-9-8-11-41(38)43)56(89)72-35(7)53(86)74-46(24-36-14-18-39(82)19-15-36)57(90)71-33(5)52(85)69-28-50(84)70-34(6)54(87)79-51(32(3)4)61(94)78-49(30-81)60(93)77-47(25-37-16-20-40(83)21-17-37)58(91)73-44(62(95)96)13-10-22-67-63(65)66/h8-9,11-12,14-21,27,31-35,42,44-49,51,68,80-83H,10,13,22-26,28-30,64H2,1-7H3,(H,69,85)(H,70,84)(H,71,90)(H,72,89)(H,73,91)(H,74,86)(H,75,88)(H,76,92)(H,77,93)(H,78,94)(H,79,87)(H,95,96)(H4,65,66,67)/t33-,34-,35-,42-,44-,45-,46-,47-,48-,49-,51-/m0/s1. The predicted molar refractivity (Wildman–Crippen MR) is 349 cm³/mol. The van der Waals surface area contributed by atoms with Gasteiger partial charge in [-0.15, -0.1) is 0 Å². The van der Waals surface area contributed by atoms with Crippen LogP contribution in [0.25, 0.3) is 10.9 Å². The molecule has 0 aliphatic rings. The Morgan fingerprint density at radius 1 is 0.500 bits per heavy atom. The topological polar surface area (TPSA) is 545 Å². The molecule has 4 rings (SSSR count). The molecule has 0 aliphatic carbocycles. The summed E-state index contributed by atoms with van der Waals surface area (Å²) < 4.78 is 0. The van der Waals surface area contributed by atoms with Crippen molar-refractivity contribution in [1.29, 1.82) is 0 Å². The van der Waals surface area contributed by atoms with Gasteiger partial charge >= 0.3 is 5.97 Å². The molecule has 11 amide bonds. The molecule has 1 heterocycles. The molecule has 11 atom stereocenters. The summed E-state index contributed by atoms with van der Waals surface area (Å²) in [5.41, 5.74) is 18.7. The lowest BCUT2D eigenvalue weighted by molar-refractivity contribution is -0.142. The van der Waals surface area contributed by atoms with E-state index in [-0.39, 0.29) is 68.4 Å². The molecule has 96 heavy (non-hydrogen) atoms. The second kappa shape index (κ2) is 38.1. The molecule has 0 spiro atoms. The Hall–Kier alpha value is -10.4. The number of rotatable bonds is 38. The van der Waals surface area contributed by atoms with E-state index in [9.17, 15) is 83.1 Å². The number of nitrogens with one attached hydrogen (secondary N) is 12. The number of nitrogens with zero attached hydrogens (tertiary/aromatic N) is 1. The van der Waals surface area contributed by atoms with Gasteiger partial charge < -0.3 is 106 Å². The van der Waals surface area contributed by atoms with Crippen molar-refractivity contribution < 1.29 is 83.1 Å². The first-order valence-corrected chi connectivity index (χ1v) is 31.0. The number of fused-ring (bicyclic) bond motifs is 1. The number of aromatic hydroxyl groups is 2. The minimum atomic E-state index is -1.73. The number of aromatic nitrogens is 1. The molecule has 23 N–H and O–H groups in total. The number of H-pyrrole nitrogens is 1. The van der Waals surface area contributed by atoms with Crippen LogP contribution in [0.1, 0.15) is 84.4 Å². The lowest BCUT2D eigenvalue weighted by Crippen LogP contribution is -2.60. The summed E-state index contributed by atoms with van der Waals surface area (Å²) in [6.07, 6.45) is 1.30. The molecule has 0 radical (unpaired) electrons. The Balaban J connectivity index is 1.37. The maximum atomic E-state index is 14.0. The third-order valence-electron chi connectivity index (χ3n) is 14.9. The van der Waals surface area contributed by atoms with Gasteiger partial charge in [-0.3, -0.25) is 57.7 Å². The number of carboxylic acids is 1. The first-order valence-electron chi connectivity index (χ1n) is 31.0. The number of carbonyl (C=O) groups is 12. The number of nitrogens with two attached hydrogens (primary N) is 3. The SMILES string of the molecule is CC(C)C[C@H](NC(=O)[C@H](Cc1c[nH]c2ccccc12)NC(=O)[C@@H](N)CO)C(=O)N[C@@H](C)C(=O)N[C@@H](Cc1ccc(O)cc1)C(=O)N[C@@H](C)C(=O)NCC(=O)N[C@@H](C)C(=O)N[C@H](C(=O)N[C@@H](CO)C(=O)N[C@@H](Cc1ccc(O)cc1)C(=O)N[C@@H](CCCN=C(N)N)C(=O)O)C(C)C. The number of aliphatic carboxylic acids is 1. The number of aliphatic hydroxyl groups excluding tert-OH is 2. The summed E-state index contributed by atoms with van der Waals surface area (Å²) >= 11 is 0. The van der Waals surface area contributed by atoms with Gasteiger partial charge in [-0.25, -0.2) is 4.79 Å². The van der Waals surface area contributed by atoms with Gasteiger partial charge in [0.2, 0.25) is 65.0 Å². The maximum absolute atomic E-state index is 14.0. The number of aliphatic hydroxyl groups is 2. The molecule has 0 fully saturated rings. The van der Waals surface area contributed by atoms with Crippen LogP contribution in [0.4, 0.5) is 0 Å². The van der Waals surface area contributed by atoms with Crippen molar-refractivity contribution in [3.63, 3.8) is 0 Å². The molecule has 0 saturated heterocycles. The van der Waals surface area contributed by atoms with Crippen molar-refractivity contribution in [2.24, 2.45) is 34.0 Å². The fourth-order valence-corrected chi connectivity index (χ4v) is 9.53. The van der Waals surface area contributed by atoms with Crippen LogP contribution in [0.2, 0.25) is 0 Å². The number of aliphatic imine (C=N–C) groups is 1. The van der Waals surface area contributed by atoms with Crippen molar-refractivity contribution in [2.45, 2.75) is 153 Å². The van der Waals surface area contributed by atoms with Crippen molar-refractivity contribution in [1.82, 2.24) is 63.5 Å². The van der Waals surface area contributed by atoms with E-state index in [1.54, 1.807) is 40.0 Å². The molecule has 33 nitrogen and oxygen atoms in total. The smallest absolute Gasteiger partial charge is 0.326 e. The zero-order valence-corrected chi connectivity index (χ0v) is 54.4. The second-order valence-electron chi connectivity index (χ2n) is 23.8. The molecule has 1 aromatic heterocycles. The van der Waals surface area contributed by atoms with Gasteiger partial charge in [0.1, 0.15) is 78.0 Å². The zero-order chi connectivity index (χ0) is 71.5. The predicted octanol–water partition coefficient (Wildman–Crippen LogP) is -4.22. The largest absolute Gasteiger partial charge is 0.508 e. The summed E-state index contributed by atoms with van der Waals surface area (Å²) in [5, 5.41) is 77.4. The highest BCUT2D eigenvalue weighted by Gasteiger charge is 2.36. The van der Waals surface area contributed by atoms with Crippen LogP contribution < -0.4 is 75.7 Å². The Morgan fingerprint density at radius 2 is 0.958 bits per heavy atom. The molecule has 524 valence electrons. The first-order chi connectivity index (χ1) is 45.3. The summed E-state index contributed by atoms with van der Waals surface area (Å²) in [7, 11) is 0. The van der Waals surface area contributed by atoms with E-state index in [4.69, 9.17) is 17.2 Å². The van der Waals surface area contributed by atoms with Gasteiger partial charge in [-0.05, 0) is 98.9 Å². The Labute approximate surface area is 553 Å². The van der Waals surface area contributed by atoms with Gasteiger partial charge in [-0.1, -0.05) is 70.2 Å². The molecule has 0 aliphatic heterocycles. The quantitative estimate of drug-likeness (QED) is 0.0115. The average Bonchev–Trinajstić information content (AvgIpc) is 1.65. The van der Waals surface area contributed by atoms with Crippen LogP contribution in [0.5, 0.6) is 11.5 Å². The molecular weight excluding hydrogens is 1250 g/mol. The number of phenols is 2. The fourth-order valence-electron chi connectivity index (χ4n) is 9.53. The van der Waals surface area contributed by atoms with Crippen LogP contribution in [-0.4, -0.2) is 200 Å². The van der Waals surface area contributed by atoms with E-state index in [0.717, 1.165) is 10.9 Å². The molecular formula is C63H90N16O17. The van der Waals surface area contributed by atoms with Gasteiger partial charge in [-0.2, -0.15) is 0 Å². The summed E-state index contributed by atoms with van der Waals surface area (Å²) in [6.45, 7) is 8.13. The number of guanidine groups is 1. The Morgan fingerprint density at radius 3 is 1.49 bits per heavy atom. The van der Waals surface area contributed by atoms with Crippen molar-refractivity contribution in [3.8, 4) is 11.5 Å². The average molecular weight is 1340 g/mol. The first kappa shape index (κ1) is 78.0. The minimum Gasteiger partial charge on any atom is -0.508 e. The van der Waals surface area contributed by atoms with Crippen LogP contribution in [-0.2, 0) is 76.8 Å². The van der Waals surface area contributed by atoms with E-state index in [2.05, 4.69) is 68.5 Å². The lowest BCUT2D eigenvalue weighted by Gasteiger charge is -2.27.